The number of thiazole rings is 1. The van der Waals surface area contributed by atoms with Crippen molar-refractivity contribution in [1.82, 2.24) is 19.9 Å². The minimum atomic E-state index is 0.530. The molecule has 0 saturated carbocycles. The number of aryl methyl sites for hydroxylation is 2. The third-order valence-corrected chi connectivity index (χ3v) is 6.94. The summed E-state index contributed by atoms with van der Waals surface area (Å²) in [7, 11) is 0. The first-order valence-corrected chi connectivity index (χ1v) is 13.2. The minimum absolute atomic E-state index is 0.530. The molecule has 0 aliphatic carbocycles. The molecule has 0 spiro atoms. The van der Waals surface area contributed by atoms with Gasteiger partial charge in [-0.1, -0.05) is 48.6 Å². The van der Waals surface area contributed by atoms with E-state index in [1.54, 1.807) is 23.7 Å². The van der Waals surface area contributed by atoms with E-state index in [-0.39, 0.29) is 0 Å². The van der Waals surface area contributed by atoms with E-state index >= 15 is 0 Å². The van der Waals surface area contributed by atoms with E-state index in [0.29, 0.717) is 12.4 Å². The summed E-state index contributed by atoms with van der Waals surface area (Å²) in [5.74, 6) is 1.51. The van der Waals surface area contributed by atoms with Crippen molar-refractivity contribution in [3.8, 4) is 39.0 Å². The largest absolute Gasteiger partial charge is 0.489 e. The maximum Gasteiger partial charge on any atom is 0.183 e. The smallest absolute Gasteiger partial charge is 0.183 e. The molecule has 0 aliphatic heterocycles. The summed E-state index contributed by atoms with van der Waals surface area (Å²) in [6.45, 7) is 7.77. The third kappa shape index (κ3) is 5.84. The van der Waals surface area contributed by atoms with Crippen LogP contribution in [0.15, 0.2) is 79.3 Å². The van der Waals surface area contributed by atoms with Crippen LogP contribution >= 0.6 is 11.3 Å². The Morgan fingerprint density at radius 2 is 1.62 bits per heavy atom. The monoisotopic (exact) mass is 507 g/mol. The maximum absolute atomic E-state index is 6.11. The zero-order valence-corrected chi connectivity index (χ0v) is 22.0. The number of aromatic nitrogens is 4. The standard InChI is InChI=1S/C30H29N5OS/c1-4-12-32-30-33-18-27(37-30)25-17-26(35-29(34-25)23-10-13-31-14-11-23)28-20(2)15-24(16-21(28)3)36-19-22-8-6-5-7-9-22/h5-11,13-18H,4,12,19H2,1-3H3,(H,32,33). The van der Waals surface area contributed by atoms with E-state index in [1.165, 1.54) is 0 Å². The highest BCUT2D eigenvalue weighted by Gasteiger charge is 2.16. The highest BCUT2D eigenvalue weighted by Crippen LogP contribution is 2.35. The first-order valence-electron chi connectivity index (χ1n) is 12.4. The molecule has 0 fully saturated rings. The second-order valence-electron chi connectivity index (χ2n) is 8.86. The van der Waals surface area contributed by atoms with Crippen molar-refractivity contribution in [1.29, 1.82) is 0 Å². The summed E-state index contributed by atoms with van der Waals surface area (Å²) in [6.07, 6.45) is 6.45. The molecule has 0 saturated heterocycles. The molecule has 7 heteroatoms. The minimum Gasteiger partial charge on any atom is -0.489 e. The van der Waals surface area contributed by atoms with E-state index in [9.17, 15) is 0 Å². The number of ether oxygens (including phenoxy) is 1. The van der Waals surface area contributed by atoms with Gasteiger partial charge in [-0.15, -0.1) is 0 Å². The van der Waals surface area contributed by atoms with E-state index in [4.69, 9.17) is 14.7 Å². The Kier molecular flexibility index (Phi) is 7.51. The number of hydrogen-bond donors (Lipinski definition) is 1. The molecule has 5 rings (SSSR count). The van der Waals surface area contributed by atoms with Crippen molar-refractivity contribution in [2.75, 3.05) is 11.9 Å². The van der Waals surface area contributed by atoms with Gasteiger partial charge in [0.1, 0.15) is 12.4 Å². The van der Waals surface area contributed by atoms with Gasteiger partial charge in [0.25, 0.3) is 0 Å². The zero-order chi connectivity index (χ0) is 25.6. The van der Waals surface area contributed by atoms with Crippen LogP contribution < -0.4 is 10.1 Å². The van der Waals surface area contributed by atoms with Gasteiger partial charge in [-0.3, -0.25) is 4.98 Å². The Labute approximate surface area is 221 Å². The van der Waals surface area contributed by atoms with Crippen LogP contribution in [0.1, 0.15) is 30.0 Å². The molecule has 0 bridgehead atoms. The van der Waals surface area contributed by atoms with Crippen LogP contribution in [-0.2, 0) is 6.61 Å². The Morgan fingerprint density at radius 3 is 2.35 bits per heavy atom. The molecule has 3 heterocycles. The summed E-state index contributed by atoms with van der Waals surface area (Å²) in [4.78, 5) is 19.6. The van der Waals surface area contributed by atoms with Gasteiger partial charge >= 0.3 is 0 Å². The maximum atomic E-state index is 6.11. The van der Waals surface area contributed by atoms with Gasteiger partial charge in [0, 0.05) is 36.3 Å². The molecular weight excluding hydrogens is 478 g/mol. The lowest BCUT2D eigenvalue weighted by Gasteiger charge is -2.15. The van der Waals surface area contributed by atoms with Crippen LogP contribution in [0.3, 0.4) is 0 Å². The predicted octanol–water partition coefficient (Wildman–Crippen LogP) is 7.35. The quantitative estimate of drug-likeness (QED) is 0.225. The lowest BCUT2D eigenvalue weighted by atomic mass is 9.98. The normalized spacial score (nSPS) is 10.9. The summed E-state index contributed by atoms with van der Waals surface area (Å²) < 4.78 is 6.11. The van der Waals surface area contributed by atoms with Crippen LogP contribution in [-0.4, -0.2) is 26.5 Å². The van der Waals surface area contributed by atoms with Gasteiger partial charge in [-0.25, -0.2) is 15.0 Å². The Hall–Kier alpha value is -4.10. The number of nitrogens with one attached hydrogen (secondary N) is 1. The topological polar surface area (TPSA) is 72.8 Å². The SMILES string of the molecule is CCCNc1ncc(-c2cc(-c3c(C)cc(OCc4ccccc4)cc3C)nc(-c3ccncc3)n2)s1. The Bertz CT molecular complexity index is 1460. The van der Waals surface area contributed by atoms with Crippen molar-refractivity contribution < 1.29 is 4.74 Å². The third-order valence-electron chi connectivity index (χ3n) is 5.96. The predicted molar refractivity (Wildman–Crippen MR) is 151 cm³/mol. The van der Waals surface area contributed by atoms with Crippen LogP contribution in [0, 0.1) is 13.8 Å². The molecule has 0 amide bonds. The van der Waals surface area contributed by atoms with Crippen molar-refractivity contribution >= 4 is 16.5 Å². The number of hydrogen-bond acceptors (Lipinski definition) is 7. The van der Waals surface area contributed by atoms with E-state index in [2.05, 4.69) is 66.4 Å². The summed E-state index contributed by atoms with van der Waals surface area (Å²) >= 11 is 1.60. The molecular formula is C30H29N5OS. The Balaban J connectivity index is 1.53. The van der Waals surface area contributed by atoms with Gasteiger partial charge in [0.05, 0.1) is 16.3 Å². The molecule has 0 aliphatic rings. The van der Waals surface area contributed by atoms with E-state index in [1.807, 2.05) is 36.5 Å². The Morgan fingerprint density at radius 1 is 0.892 bits per heavy atom. The van der Waals surface area contributed by atoms with E-state index < -0.39 is 0 Å². The average molecular weight is 508 g/mol. The van der Waals surface area contributed by atoms with Crippen LogP contribution in [0.5, 0.6) is 5.75 Å². The van der Waals surface area contributed by atoms with Crippen LogP contribution in [0.4, 0.5) is 5.13 Å². The van der Waals surface area contributed by atoms with Crippen molar-refractivity contribution in [2.24, 2.45) is 0 Å². The number of rotatable bonds is 9. The molecule has 186 valence electrons. The van der Waals surface area contributed by atoms with Crippen molar-refractivity contribution in [2.45, 2.75) is 33.8 Å². The fourth-order valence-corrected chi connectivity index (χ4v) is 4.99. The van der Waals surface area contributed by atoms with E-state index in [0.717, 1.165) is 67.9 Å². The van der Waals surface area contributed by atoms with Gasteiger partial charge < -0.3 is 10.1 Å². The number of nitrogens with zero attached hydrogens (tertiary/aromatic N) is 4. The first-order chi connectivity index (χ1) is 18.1. The second kappa shape index (κ2) is 11.3. The molecule has 0 atom stereocenters. The molecule has 1 N–H and O–H groups in total. The second-order valence-corrected chi connectivity index (χ2v) is 9.89. The van der Waals surface area contributed by atoms with Crippen LogP contribution in [0.2, 0.25) is 0 Å². The molecule has 0 unspecified atom stereocenters. The zero-order valence-electron chi connectivity index (χ0n) is 21.2. The number of anilines is 1. The lowest BCUT2D eigenvalue weighted by molar-refractivity contribution is 0.306. The average Bonchev–Trinajstić information content (AvgIpc) is 3.40. The summed E-state index contributed by atoms with van der Waals surface area (Å²) in [6, 6.07) is 20.3. The lowest BCUT2D eigenvalue weighted by Crippen LogP contribution is -2.00. The fourth-order valence-electron chi connectivity index (χ4n) is 4.19. The van der Waals surface area contributed by atoms with Crippen LogP contribution in [0.25, 0.3) is 33.2 Å². The van der Waals surface area contributed by atoms with Gasteiger partial charge in [0.15, 0.2) is 11.0 Å². The summed E-state index contributed by atoms with van der Waals surface area (Å²) in [5.41, 5.74) is 7.07. The molecule has 6 nitrogen and oxygen atoms in total. The molecule has 2 aromatic carbocycles. The van der Waals surface area contributed by atoms with Crippen molar-refractivity contribution in [3.63, 3.8) is 0 Å². The van der Waals surface area contributed by atoms with Gasteiger partial charge in [-0.2, -0.15) is 0 Å². The fraction of sp³-hybridized carbons (Fsp3) is 0.200. The highest BCUT2D eigenvalue weighted by atomic mass is 32.1. The van der Waals surface area contributed by atoms with Gasteiger partial charge in [-0.05, 0) is 67.3 Å². The molecule has 5 aromatic rings. The van der Waals surface area contributed by atoms with Gasteiger partial charge in [0.2, 0.25) is 0 Å². The highest BCUT2D eigenvalue weighted by molar-refractivity contribution is 7.18. The molecule has 3 aromatic heterocycles. The van der Waals surface area contributed by atoms with Crippen molar-refractivity contribution in [3.05, 3.63) is 95.9 Å². The molecule has 0 radical (unpaired) electrons. The first kappa shape index (κ1) is 24.6. The number of benzene rings is 2. The summed E-state index contributed by atoms with van der Waals surface area (Å²) in [5, 5.41) is 4.27. The number of pyridine rings is 1. The molecule has 37 heavy (non-hydrogen) atoms.